The first-order valence-electron chi connectivity index (χ1n) is 6.47. The Labute approximate surface area is 107 Å². The number of rotatable bonds is 2. The molecule has 0 amide bonds. The predicted octanol–water partition coefficient (Wildman–Crippen LogP) is 3.35. The molecule has 1 aromatic rings. The van der Waals surface area contributed by atoms with Gasteiger partial charge >= 0.3 is 0 Å². The Morgan fingerprint density at radius 3 is 2.72 bits per heavy atom. The van der Waals surface area contributed by atoms with Crippen molar-refractivity contribution < 1.29 is 14.2 Å². The number of allylic oxidation sites excluding steroid dienone is 1. The maximum Gasteiger partial charge on any atom is 0.210 e. The van der Waals surface area contributed by atoms with Crippen LogP contribution in [0.1, 0.15) is 31.2 Å². The van der Waals surface area contributed by atoms with E-state index in [9.17, 15) is 0 Å². The number of ether oxygens (including phenoxy) is 3. The maximum absolute atomic E-state index is 5.98. The Morgan fingerprint density at radius 1 is 1.22 bits per heavy atom. The lowest BCUT2D eigenvalue weighted by molar-refractivity contribution is -0.161. The van der Waals surface area contributed by atoms with Crippen LogP contribution < -0.4 is 4.74 Å². The Hall–Kier alpha value is -1.48. The van der Waals surface area contributed by atoms with E-state index in [0.29, 0.717) is 0 Å². The summed E-state index contributed by atoms with van der Waals surface area (Å²) in [6.45, 7) is 0.829. The first kappa shape index (κ1) is 11.6. The van der Waals surface area contributed by atoms with Gasteiger partial charge in [-0.1, -0.05) is 12.1 Å². The summed E-state index contributed by atoms with van der Waals surface area (Å²) < 4.78 is 16.8. The highest BCUT2D eigenvalue weighted by Crippen LogP contribution is 2.41. The Bertz CT molecular complexity index is 441. The standard InChI is InChI=1S/C15H18O3/c1-16-13-5-3-12(4-6-13)11-14-7-9-15(18-14)8-2-10-17-15/h3-6,11H,2,7-10H2,1H3/b14-11-. The van der Waals surface area contributed by atoms with Crippen molar-refractivity contribution in [3.63, 3.8) is 0 Å². The second kappa shape index (κ2) is 4.65. The maximum atomic E-state index is 5.98. The van der Waals surface area contributed by atoms with Gasteiger partial charge in [0.25, 0.3) is 0 Å². The number of benzene rings is 1. The number of methoxy groups -OCH3 is 1. The van der Waals surface area contributed by atoms with Gasteiger partial charge in [-0.3, -0.25) is 0 Å². The molecule has 0 aromatic heterocycles. The molecule has 1 aromatic carbocycles. The van der Waals surface area contributed by atoms with E-state index in [1.807, 2.05) is 24.3 Å². The summed E-state index contributed by atoms with van der Waals surface area (Å²) in [6, 6.07) is 8.00. The first-order chi connectivity index (χ1) is 8.80. The van der Waals surface area contributed by atoms with Gasteiger partial charge in [0, 0.05) is 19.3 Å². The second-order valence-electron chi connectivity index (χ2n) is 4.85. The molecule has 0 saturated carbocycles. The third kappa shape index (κ3) is 2.23. The third-order valence-corrected chi connectivity index (χ3v) is 3.58. The van der Waals surface area contributed by atoms with Crippen molar-refractivity contribution in [1.82, 2.24) is 0 Å². The van der Waals surface area contributed by atoms with Crippen LogP contribution in [0, 0.1) is 0 Å². The summed E-state index contributed by atoms with van der Waals surface area (Å²) in [4.78, 5) is 0. The molecule has 3 heteroatoms. The zero-order chi connectivity index (χ0) is 12.4. The van der Waals surface area contributed by atoms with Crippen molar-refractivity contribution in [3.05, 3.63) is 35.6 Å². The van der Waals surface area contributed by atoms with E-state index in [2.05, 4.69) is 6.08 Å². The molecule has 0 N–H and O–H groups in total. The van der Waals surface area contributed by atoms with E-state index in [0.717, 1.165) is 49.4 Å². The molecule has 3 nitrogen and oxygen atoms in total. The van der Waals surface area contributed by atoms with E-state index in [1.165, 1.54) is 0 Å². The second-order valence-corrected chi connectivity index (χ2v) is 4.85. The van der Waals surface area contributed by atoms with E-state index >= 15 is 0 Å². The summed E-state index contributed by atoms with van der Waals surface area (Å²) in [5, 5.41) is 0. The van der Waals surface area contributed by atoms with Crippen LogP contribution >= 0.6 is 0 Å². The average molecular weight is 246 g/mol. The quantitative estimate of drug-likeness (QED) is 0.801. The van der Waals surface area contributed by atoms with Crippen molar-refractivity contribution >= 4 is 6.08 Å². The van der Waals surface area contributed by atoms with E-state index in [4.69, 9.17) is 14.2 Å². The number of hydrogen-bond donors (Lipinski definition) is 0. The Kier molecular flexibility index (Phi) is 3.00. The first-order valence-corrected chi connectivity index (χ1v) is 6.47. The van der Waals surface area contributed by atoms with Gasteiger partial charge in [0.15, 0.2) is 0 Å². The van der Waals surface area contributed by atoms with Gasteiger partial charge < -0.3 is 14.2 Å². The summed E-state index contributed by atoms with van der Waals surface area (Å²) in [7, 11) is 1.68. The lowest BCUT2D eigenvalue weighted by Crippen LogP contribution is -2.24. The van der Waals surface area contributed by atoms with Crippen molar-refractivity contribution in [2.45, 2.75) is 31.5 Å². The molecule has 1 atom stereocenters. The highest BCUT2D eigenvalue weighted by Gasteiger charge is 2.42. The van der Waals surface area contributed by atoms with Crippen LogP contribution in [0.3, 0.4) is 0 Å². The van der Waals surface area contributed by atoms with Crippen LogP contribution in [-0.4, -0.2) is 19.5 Å². The van der Waals surface area contributed by atoms with Gasteiger partial charge in [0.05, 0.1) is 13.7 Å². The van der Waals surface area contributed by atoms with Crippen LogP contribution in [0.2, 0.25) is 0 Å². The molecular formula is C15H18O3. The molecule has 2 aliphatic rings. The molecule has 0 aliphatic carbocycles. The zero-order valence-corrected chi connectivity index (χ0v) is 10.6. The Balaban J connectivity index is 1.72. The number of hydrogen-bond acceptors (Lipinski definition) is 3. The molecule has 2 fully saturated rings. The lowest BCUT2D eigenvalue weighted by atomic mass is 10.1. The van der Waals surface area contributed by atoms with Crippen LogP contribution in [-0.2, 0) is 9.47 Å². The molecule has 0 bridgehead atoms. The minimum absolute atomic E-state index is 0.307. The fourth-order valence-electron chi connectivity index (χ4n) is 2.59. The molecule has 1 unspecified atom stereocenters. The molecule has 2 aliphatic heterocycles. The van der Waals surface area contributed by atoms with Crippen molar-refractivity contribution in [3.8, 4) is 5.75 Å². The fourth-order valence-corrected chi connectivity index (χ4v) is 2.59. The summed E-state index contributed by atoms with van der Waals surface area (Å²) in [5.41, 5.74) is 1.14. The minimum Gasteiger partial charge on any atom is -0.497 e. The summed E-state index contributed by atoms with van der Waals surface area (Å²) in [5.74, 6) is 1.60. The Morgan fingerprint density at radius 2 is 2.06 bits per heavy atom. The van der Waals surface area contributed by atoms with Gasteiger partial charge in [-0.05, 0) is 30.2 Å². The molecule has 3 rings (SSSR count). The summed E-state index contributed by atoms with van der Waals surface area (Å²) >= 11 is 0. The van der Waals surface area contributed by atoms with Crippen molar-refractivity contribution in [1.29, 1.82) is 0 Å². The highest BCUT2D eigenvalue weighted by molar-refractivity contribution is 5.53. The molecule has 18 heavy (non-hydrogen) atoms. The zero-order valence-electron chi connectivity index (χ0n) is 10.6. The molecular weight excluding hydrogens is 228 g/mol. The van der Waals surface area contributed by atoms with Crippen LogP contribution in [0.4, 0.5) is 0 Å². The molecule has 1 spiro atoms. The van der Waals surface area contributed by atoms with Gasteiger partial charge in [-0.25, -0.2) is 0 Å². The van der Waals surface area contributed by atoms with Crippen molar-refractivity contribution in [2.24, 2.45) is 0 Å². The monoisotopic (exact) mass is 246 g/mol. The largest absolute Gasteiger partial charge is 0.497 e. The van der Waals surface area contributed by atoms with E-state index in [-0.39, 0.29) is 5.79 Å². The molecule has 2 saturated heterocycles. The van der Waals surface area contributed by atoms with Crippen LogP contribution in [0.5, 0.6) is 5.75 Å². The van der Waals surface area contributed by atoms with E-state index < -0.39 is 0 Å². The van der Waals surface area contributed by atoms with Gasteiger partial charge in [-0.2, -0.15) is 0 Å². The highest BCUT2D eigenvalue weighted by atomic mass is 16.7. The lowest BCUT2D eigenvalue weighted by Gasteiger charge is -2.21. The van der Waals surface area contributed by atoms with E-state index in [1.54, 1.807) is 7.11 Å². The predicted molar refractivity (Wildman–Crippen MR) is 69.2 cm³/mol. The molecule has 96 valence electrons. The summed E-state index contributed by atoms with van der Waals surface area (Å²) in [6.07, 6.45) is 6.17. The molecule has 0 radical (unpaired) electrons. The topological polar surface area (TPSA) is 27.7 Å². The fraction of sp³-hybridized carbons (Fsp3) is 0.467. The van der Waals surface area contributed by atoms with Crippen LogP contribution in [0.25, 0.3) is 6.08 Å². The van der Waals surface area contributed by atoms with Gasteiger partial charge in [-0.15, -0.1) is 0 Å². The normalized spacial score (nSPS) is 28.8. The third-order valence-electron chi connectivity index (χ3n) is 3.58. The minimum atomic E-state index is -0.307. The molecule has 2 heterocycles. The van der Waals surface area contributed by atoms with Gasteiger partial charge in [0.2, 0.25) is 5.79 Å². The smallest absolute Gasteiger partial charge is 0.210 e. The average Bonchev–Trinajstić information content (AvgIpc) is 3.02. The van der Waals surface area contributed by atoms with Gasteiger partial charge in [0.1, 0.15) is 11.5 Å². The van der Waals surface area contributed by atoms with Crippen molar-refractivity contribution in [2.75, 3.05) is 13.7 Å². The SMILES string of the molecule is COc1ccc(/C=C2/CCC3(CCCO3)O2)cc1. The van der Waals surface area contributed by atoms with Crippen LogP contribution in [0.15, 0.2) is 30.0 Å².